The van der Waals surface area contributed by atoms with Crippen LogP contribution in [0, 0.1) is 6.92 Å². The summed E-state index contributed by atoms with van der Waals surface area (Å²) in [6, 6.07) is 5.70. The maximum Gasteiger partial charge on any atom is 0.256 e. The van der Waals surface area contributed by atoms with Crippen molar-refractivity contribution < 1.29 is 4.79 Å². The predicted molar refractivity (Wildman–Crippen MR) is 86.2 cm³/mol. The van der Waals surface area contributed by atoms with Crippen molar-refractivity contribution in [1.29, 1.82) is 0 Å². The molecule has 5 heteroatoms. The van der Waals surface area contributed by atoms with Crippen molar-refractivity contribution >= 4 is 11.6 Å². The molecule has 3 N–H and O–H groups in total. The first-order valence-corrected chi connectivity index (χ1v) is 7.44. The minimum atomic E-state index is 0.0523. The van der Waals surface area contributed by atoms with Crippen LogP contribution in [0.25, 0.3) is 0 Å². The van der Waals surface area contributed by atoms with Crippen molar-refractivity contribution in [3.63, 3.8) is 0 Å². The van der Waals surface area contributed by atoms with Crippen LogP contribution in [0.4, 0.5) is 5.69 Å². The Hall–Kier alpha value is -1.59. The number of piperazine rings is 1. The summed E-state index contributed by atoms with van der Waals surface area (Å²) in [5, 5.41) is 0. The molecule has 1 amide bonds. The summed E-state index contributed by atoms with van der Waals surface area (Å²) in [5.41, 5.74) is 5.21. The lowest BCUT2D eigenvalue weighted by Crippen LogP contribution is -2.54. The Bertz CT molecular complexity index is 513. The lowest BCUT2D eigenvalue weighted by molar-refractivity contribution is 0.0452. The van der Waals surface area contributed by atoms with Gasteiger partial charge in [-0.25, -0.2) is 0 Å². The Balaban J connectivity index is 2.09. The van der Waals surface area contributed by atoms with Crippen LogP contribution < -0.4 is 11.3 Å². The molecule has 21 heavy (non-hydrogen) atoms. The molecular weight excluding hydrogens is 264 g/mol. The molecule has 1 aromatic carbocycles. The van der Waals surface area contributed by atoms with Gasteiger partial charge in [0.1, 0.15) is 0 Å². The lowest BCUT2D eigenvalue weighted by atomic mass is 10.0. The van der Waals surface area contributed by atoms with Crippen molar-refractivity contribution in [2.75, 3.05) is 31.6 Å². The van der Waals surface area contributed by atoms with E-state index in [-0.39, 0.29) is 11.4 Å². The van der Waals surface area contributed by atoms with Crippen molar-refractivity contribution in [3.8, 4) is 0 Å². The van der Waals surface area contributed by atoms with Gasteiger partial charge in [0.15, 0.2) is 0 Å². The Labute approximate surface area is 127 Å². The molecule has 116 valence electrons. The van der Waals surface area contributed by atoms with Gasteiger partial charge in [-0.2, -0.15) is 0 Å². The SMILES string of the molecule is Cc1ccc(C(=O)N2CCN(C(C)(C)C)CC2)c(NN)c1. The van der Waals surface area contributed by atoms with Crippen LogP contribution in [0.5, 0.6) is 0 Å². The zero-order valence-electron chi connectivity index (χ0n) is 13.4. The largest absolute Gasteiger partial charge is 0.336 e. The zero-order chi connectivity index (χ0) is 15.6. The van der Waals surface area contributed by atoms with Crippen molar-refractivity contribution in [2.45, 2.75) is 33.2 Å². The van der Waals surface area contributed by atoms with E-state index in [9.17, 15) is 4.79 Å². The fraction of sp³-hybridized carbons (Fsp3) is 0.562. The van der Waals surface area contributed by atoms with E-state index < -0.39 is 0 Å². The maximum atomic E-state index is 12.7. The third-order valence-electron chi connectivity index (χ3n) is 4.08. The first-order valence-electron chi connectivity index (χ1n) is 7.44. The molecule has 1 heterocycles. The number of rotatable bonds is 2. The second-order valence-corrected chi connectivity index (χ2v) is 6.64. The Morgan fingerprint density at radius 1 is 1.19 bits per heavy atom. The molecule has 1 saturated heterocycles. The second kappa shape index (κ2) is 6.03. The molecule has 1 aliphatic heterocycles. The summed E-state index contributed by atoms with van der Waals surface area (Å²) >= 11 is 0. The number of hydrazine groups is 1. The van der Waals surface area contributed by atoms with Crippen molar-refractivity contribution in [3.05, 3.63) is 29.3 Å². The number of hydrogen-bond acceptors (Lipinski definition) is 4. The quantitative estimate of drug-likeness (QED) is 0.644. The van der Waals surface area contributed by atoms with E-state index in [1.807, 2.05) is 30.0 Å². The molecule has 0 bridgehead atoms. The summed E-state index contributed by atoms with van der Waals surface area (Å²) in [4.78, 5) is 17.0. The molecular formula is C16H26N4O. The highest BCUT2D eigenvalue weighted by Crippen LogP contribution is 2.21. The molecule has 0 aromatic heterocycles. The van der Waals surface area contributed by atoms with Gasteiger partial charge < -0.3 is 10.3 Å². The van der Waals surface area contributed by atoms with Crippen LogP contribution in [0.3, 0.4) is 0 Å². The van der Waals surface area contributed by atoms with Crippen LogP contribution in [0.2, 0.25) is 0 Å². The third kappa shape index (κ3) is 3.54. The Morgan fingerprint density at radius 3 is 2.33 bits per heavy atom. The number of nitrogen functional groups attached to an aromatic ring is 1. The van der Waals surface area contributed by atoms with Crippen LogP contribution in [0.1, 0.15) is 36.7 Å². The predicted octanol–water partition coefficient (Wildman–Crippen LogP) is 1.84. The fourth-order valence-corrected chi connectivity index (χ4v) is 2.71. The number of carbonyl (C=O) groups excluding carboxylic acids is 1. The lowest BCUT2D eigenvalue weighted by Gasteiger charge is -2.42. The number of benzene rings is 1. The average Bonchev–Trinajstić information content (AvgIpc) is 2.45. The first-order chi connectivity index (χ1) is 9.82. The summed E-state index contributed by atoms with van der Waals surface area (Å²) in [6.45, 7) is 11.9. The number of nitrogens with one attached hydrogen (secondary N) is 1. The molecule has 1 aliphatic rings. The second-order valence-electron chi connectivity index (χ2n) is 6.64. The van der Waals surface area contributed by atoms with Crippen LogP contribution in [0.15, 0.2) is 18.2 Å². The highest BCUT2D eigenvalue weighted by molar-refractivity contribution is 5.99. The smallest absolute Gasteiger partial charge is 0.256 e. The average molecular weight is 290 g/mol. The highest BCUT2D eigenvalue weighted by atomic mass is 16.2. The number of aryl methyl sites for hydroxylation is 1. The topological polar surface area (TPSA) is 61.6 Å². The molecule has 0 aliphatic carbocycles. The number of nitrogens with zero attached hydrogens (tertiary/aromatic N) is 2. The van der Waals surface area contributed by atoms with Gasteiger partial charge in [-0.05, 0) is 45.4 Å². The molecule has 1 fully saturated rings. The van der Waals surface area contributed by atoms with E-state index in [1.54, 1.807) is 0 Å². The molecule has 5 nitrogen and oxygen atoms in total. The van der Waals surface area contributed by atoms with Gasteiger partial charge in [0.2, 0.25) is 0 Å². The normalized spacial score (nSPS) is 16.9. The summed E-state index contributed by atoms with van der Waals surface area (Å²) in [7, 11) is 0. The monoisotopic (exact) mass is 290 g/mol. The van der Waals surface area contributed by atoms with E-state index in [2.05, 4.69) is 31.1 Å². The van der Waals surface area contributed by atoms with Crippen molar-refractivity contribution in [1.82, 2.24) is 9.80 Å². The minimum Gasteiger partial charge on any atom is -0.336 e. The van der Waals surface area contributed by atoms with Gasteiger partial charge in [0.25, 0.3) is 5.91 Å². The van der Waals surface area contributed by atoms with Crippen molar-refractivity contribution in [2.24, 2.45) is 5.84 Å². The summed E-state index contributed by atoms with van der Waals surface area (Å²) < 4.78 is 0. The van der Waals surface area contributed by atoms with Gasteiger partial charge >= 0.3 is 0 Å². The molecule has 2 rings (SSSR count). The summed E-state index contributed by atoms with van der Waals surface area (Å²) in [5.74, 6) is 5.59. The minimum absolute atomic E-state index is 0.0523. The van der Waals surface area contributed by atoms with Gasteiger partial charge in [0, 0.05) is 31.7 Å². The maximum absolute atomic E-state index is 12.7. The summed E-state index contributed by atoms with van der Waals surface area (Å²) in [6.07, 6.45) is 0. The highest BCUT2D eigenvalue weighted by Gasteiger charge is 2.28. The number of carbonyl (C=O) groups is 1. The van der Waals surface area contributed by atoms with Gasteiger partial charge in [-0.15, -0.1) is 0 Å². The van der Waals surface area contributed by atoms with Crippen LogP contribution in [-0.4, -0.2) is 47.4 Å². The van der Waals surface area contributed by atoms with Crippen LogP contribution in [-0.2, 0) is 0 Å². The standard InChI is InChI=1S/C16H26N4O/c1-12-5-6-13(14(11-12)18-17)15(21)19-7-9-20(10-8-19)16(2,3)4/h5-6,11,18H,7-10,17H2,1-4H3. The first kappa shape index (κ1) is 15.8. The molecule has 0 radical (unpaired) electrons. The fourth-order valence-electron chi connectivity index (χ4n) is 2.71. The van der Waals surface area contributed by atoms with E-state index in [4.69, 9.17) is 5.84 Å². The number of nitrogens with two attached hydrogens (primary N) is 1. The van der Waals surface area contributed by atoms with Crippen LogP contribution >= 0.6 is 0 Å². The molecule has 1 aromatic rings. The number of hydrogen-bond donors (Lipinski definition) is 2. The molecule has 0 atom stereocenters. The molecule has 0 saturated carbocycles. The van der Waals surface area contributed by atoms with E-state index in [1.165, 1.54) is 0 Å². The Morgan fingerprint density at radius 2 is 1.81 bits per heavy atom. The van der Waals surface area contributed by atoms with Gasteiger partial charge in [-0.3, -0.25) is 15.5 Å². The van der Waals surface area contributed by atoms with E-state index >= 15 is 0 Å². The zero-order valence-corrected chi connectivity index (χ0v) is 13.4. The number of amides is 1. The van der Waals surface area contributed by atoms with E-state index in [0.29, 0.717) is 11.3 Å². The van der Waals surface area contributed by atoms with Gasteiger partial charge in [-0.1, -0.05) is 6.07 Å². The Kier molecular flexibility index (Phi) is 4.54. The number of anilines is 1. The van der Waals surface area contributed by atoms with Gasteiger partial charge in [0.05, 0.1) is 11.3 Å². The van der Waals surface area contributed by atoms with E-state index in [0.717, 1.165) is 31.7 Å². The third-order valence-corrected chi connectivity index (χ3v) is 4.08. The molecule has 0 spiro atoms. The molecule has 0 unspecified atom stereocenters.